The molecule has 0 amide bonds. The number of halogens is 2. The van der Waals surface area contributed by atoms with Gasteiger partial charge in [0.1, 0.15) is 5.75 Å². The van der Waals surface area contributed by atoms with Gasteiger partial charge in [-0.2, -0.15) is 0 Å². The fourth-order valence-corrected chi connectivity index (χ4v) is 9.64. The molecule has 1 heterocycles. The van der Waals surface area contributed by atoms with Crippen molar-refractivity contribution in [3.05, 3.63) is 147 Å². The molecule has 0 aliphatic heterocycles. The molecule has 4 atom stereocenters. The van der Waals surface area contributed by atoms with E-state index in [2.05, 4.69) is 59.4 Å². The van der Waals surface area contributed by atoms with Crippen LogP contribution in [0, 0.1) is 0 Å². The Balaban J connectivity index is 1.56. The molecule has 4 unspecified atom stereocenters. The highest BCUT2D eigenvalue weighted by Gasteiger charge is 2.45. The lowest BCUT2D eigenvalue weighted by Crippen LogP contribution is -2.34. The van der Waals surface area contributed by atoms with Gasteiger partial charge in [-0.25, -0.2) is 8.42 Å². The standard InChI is InChI=1S/C38H35Cl2NO3S/c1-23(2)45(42,43)35-20-25-8-4-5-9-28(25)29-16-17-30-33(36(29)35)22-32(24-10-12-26(39)13-11-24)37(38(30)41-18-6-7-19-41)31-15-14-27(40)21-34(31)44-3/h4-19,21,23,32,35,37-38H,20,22H2,1-3H3. The van der Waals surface area contributed by atoms with Crippen LogP contribution in [0.4, 0.5) is 0 Å². The van der Waals surface area contributed by atoms with Crippen molar-refractivity contribution in [1.29, 1.82) is 0 Å². The largest absolute Gasteiger partial charge is 0.496 e. The number of rotatable bonds is 6. The highest BCUT2D eigenvalue weighted by Crippen LogP contribution is 2.56. The topological polar surface area (TPSA) is 48.3 Å². The number of ether oxygens (including phenoxy) is 1. The molecule has 7 heteroatoms. The molecule has 4 nitrogen and oxygen atoms in total. The Bertz CT molecular complexity index is 1980. The third kappa shape index (κ3) is 5.10. The van der Waals surface area contributed by atoms with Crippen molar-refractivity contribution >= 4 is 33.0 Å². The second kappa shape index (κ2) is 11.7. The molecular weight excluding hydrogens is 621 g/mol. The summed E-state index contributed by atoms with van der Waals surface area (Å²) >= 11 is 12.9. The number of methoxy groups -OCH3 is 1. The van der Waals surface area contributed by atoms with E-state index in [1.807, 2.05) is 48.5 Å². The predicted octanol–water partition coefficient (Wildman–Crippen LogP) is 9.60. The molecule has 0 radical (unpaired) electrons. The normalized spacial score (nSPS) is 20.8. The van der Waals surface area contributed by atoms with Crippen molar-refractivity contribution in [1.82, 2.24) is 4.57 Å². The molecule has 0 bridgehead atoms. The third-order valence-corrected chi connectivity index (χ3v) is 12.8. The zero-order chi connectivity index (χ0) is 31.5. The first-order valence-corrected chi connectivity index (χ1v) is 17.7. The molecule has 2 aliphatic carbocycles. The Morgan fingerprint density at radius 3 is 2.20 bits per heavy atom. The molecule has 0 spiro atoms. The lowest BCUT2D eigenvalue weighted by atomic mass is 9.64. The minimum atomic E-state index is -3.49. The quantitative estimate of drug-likeness (QED) is 0.183. The van der Waals surface area contributed by atoms with Gasteiger partial charge < -0.3 is 9.30 Å². The van der Waals surface area contributed by atoms with Gasteiger partial charge in [0.2, 0.25) is 0 Å². The van der Waals surface area contributed by atoms with Gasteiger partial charge in [0, 0.05) is 33.9 Å². The summed E-state index contributed by atoms with van der Waals surface area (Å²) in [5.74, 6) is 0.676. The Morgan fingerprint density at radius 2 is 1.49 bits per heavy atom. The van der Waals surface area contributed by atoms with Crippen LogP contribution >= 0.6 is 23.2 Å². The van der Waals surface area contributed by atoms with Crippen molar-refractivity contribution in [3.8, 4) is 16.9 Å². The minimum absolute atomic E-state index is 0.0108. The highest BCUT2D eigenvalue weighted by molar-refractivity contribution is 7.92. The summed E-state index contributed by atoms with van der Waals surface area (Å²) in [6.07, 6.45) is 5.34. The summed E-state index contributed by atoms with van der Waals surface area (Å²) < 4.78 is 36.6. The maximum atomic E-state index is 14.2. The van der Waals surface area contributed by atoms with Gasteiger partial charge in [-0.3, -0.25) is 0 Å². The molecule has 0 fully saturated rings. The smallest absolute Gasteiger partial charge is 0.159 e. The maximum Gasteiger partial charge on any atom is 0.159 e. The van der Waals surface area contributed by atoms with Crippen molar-refractivity contribution in [2.75, 3.05) is 7.11 Å². The summed E-state index contributed by atoms with van der Waals surface area (Å²) in [6.45, 7) is 3.60. The van der Waals surface area contributed by atoms with Crippen molar-refractivity contribution in [2.24, 2.45) is 0 Å². The second-order valence-electron chi connectivity index (χ2n) is 12.4. The van der Waals surface area contributed by atoms with Crippen LogP contribution in [0.3, 0.4) is 0 Å². The molecule has 0 saturated heterocycles. The molecule has 45 heavy (non-hydrogen) atoms. The number of hydrogen-bond acceptors (Lipinski definition) is 3. The summed E-state index contributed by atoms with van der Waals surface area (Å²) in [5, 5.41) is 0.157. The zero-order valence-corrected chi connectivity index (χ0v) is 27.8. The summed E-state index contributed by atoms with van der Waals surface area (Å²) in [6, 6.07) is 30.6. The monoisotopic (exact) mass is 655 g/mol. The molecule has 230 valence electrons. The Morgan fingerprint density at radius 1 is 0.800 bits per heavy atom. The molecule has 7 rings (SSSR count). The van der Waals surface area contributed by atoms with Crippen LogP contribution in [0.5, 0.6) is 5.75 Å². The minimum Gasteiger partial charge on any atom is -0.496 e. The van der Waals surface area contributed by atoms with Crippen LogP contribution in [-0.4, -0.2) is 25.3 Å². The van der Waals surface area contributed by atoms with Gasteiger partial charge in [0.25, 0.3) is 0 Å². The number of fused-ring (bicyclic) bond motifs is 5. The van der Waals surface area contributed by atoms with Crippen LogP contribution < -0.4 is 4.74 Å². The van der Waals surface area contributed by atoms with Crippen LogP contribution in [-0.2, 0) is 22.7 Å². The first kappa shape index (κ1) is 30.2. The number of hydrogen-bond donors (Lipinski definition) is 0. The zero-order valence-electron chi connectivity index (χ0n) is 25.5. The molecule has 0 saturated carbocycles. The lowest BCUT2D eigenvalue weighted by molar-refractivity contribution is 0.353. The summed E-state index contributed by atoms with van der Waals surface area (Å²) in [5.41, 5.74) is 8.63. The van der Waals surface area contributed by atoms with Gasteiger partial charge >= 0.3 is 0 Å². The van der Waals surface area contributed by atoms with Crippen LogP contribution in [0.25, 0.3) is 11.1 Å². The SMILES string of the molecule is COc1cc(Cl)ccc1C1C(c2ccc(Cl)cc2)Cc2c(ccc3c2C(S(=O)(=O)C(C)C)Cc2ccccc2-3)C1n1cccc1. The van der Waals surface area contributed by atoms with E-state index in [4.69, 9.17) is 27.9 Å². The average Bonchev–Trinajstić information content (AvgIpc) is 3.58. The highest BCUT2D eigenvalue weighted by atomic mass is 35.5. The van der Waals surface area contributed by atoms with Gasteiger partial charge in [-0.15, -0.1) is 0 Å². The van der Waals surface area contributed by atoms with Gasteiger partial charge in [0.15, 0.2) is 9.84 Å². The van der Waals surface area contributed by atoms with Gasteiger partial charge in [-0.05, 0) is 108 Å². The molecule has 0 N–H and O–H groups in total. The van der Waals surface area contributed by atoms with Crippen LogP contribution in [0.1, 0.15) is 70.4 Å². The van der Waals surface area contributed by atoms with Crippen molar-refractivity contribution in [3.63, 3.8) is 0 Å². The number of sulfone groups is 1. The Labute approximate surface area is 275 Å². The van der Waals surface area contributed by atoms with E-state index >= 15 is 0 Å². The number of aromatic nitrogens is 1. The van der Waals surface area contributed by atoms with Crippen LogP contribution in [0.15, 0.2) is 103 Å². The van der Waals surface area contributed by atoms with E-state index in [9.17, 15) is 8.42 Å². The third-order valence-electron chi connectivity index (χ3n) is 9.80. The first-order chi connectivity index (χ1) is 21.7. The number of benzene rings is 4. The molecule has 1 aromatic heterocycles. The summed E-state index contributed by atoms with van der Waals surface area (Å²) in [4.78, 5) is 0. The van der Waals surface area contributed by atoms with E-state index in [-0.39, 0.29) is 17.9 Å². The lowest BCUT2D eigenvalue weighted by Gasteiger charge is -2.44. The Kier molecular flexibility index (Phi) is 7.84. The average molecular weight is 657 g/mol. The van der Waals surface area contributed by atoms with E-state index in [1.54, 1.807) is 21.0 Å². The van der Waals surface area contributed by atoms with E-state index in [1.165, 1.54) is 0 Å². The van der Waals surface area contributed by atoms with Crippen LogP contribution in [0.2, 0.25) is 10.0 Å². The van der Waals surface area contributed by atoms with E-state index < -0.39 is 20.3 Å². The fourth-order valence-electron chi connectivity index (χ4n) is 7.68. The van der Waals surface area contributed by atoms with Gasteiger partial charge in [0.05, 0.1) is 23.7 Å². The van der Waals surface area contributed by atoms with Gasteiger partial charge in [-0.1, -0.05) is 77.8 Å². The number of nitrogens with zero attached hydrogens (tertiary/aromatic N) is 1. The van der Waals surface area contributed by atoms with E-state index in [0.717, 1.165) is 50.3 Å². The first-order valence-electron chi connectivity index (χ1n) is 15.4. The van der Waals surface area contributed by atoms with Crippen molar-refractivity contribution < 1.29 is 13.2 Å². The maximum absolute atomic E-state index is 14.2. The summed E-state index contributed by atoms with van der Waals surface area (Å²) in [7, 11) is -1.80. The Hall–Kier alpha value is -3.51. The molecular formula is C38H35Cl2NO3S. The van der Waals surface area contributed by atoms with E-state index in [0.29, 0.717) is 22.9 Å². The van der Waals surface area contributed by atoms with Crippen molar-refractivity contribution in [2.45, 2.75) is 55.1 Å². The second-order valence-corrected chi connectivity index (χ2v) is 16.0. The molecule has 2 aliphatic rings. The molecule has 4 aromatic carbocycles. The molecule has 5 aromatic rings. The fraction of sp³-hybridized carbons (Fsp3) is 0.263. The predicted molar refractivity (Wildman–Crippen MR) is 184 cm³/mol.